The molecular weight excluding hydrogens is 438 g/mol. The topological polar surface area (TPSA) is 141 Å². The van der Waals surface area contributed by atoms with Crippen LogP contribution in [0.15, 0.2) is 12.2 Å². The molecule has 0 radical (unpaired) electrons. The summed E-state index contributed by atoms with van der Waals surface area (Å²) in [7, 11) is 0. The average Bonchev–Trinajstić information content (AvgIpc) is 3.21. The van der Waals surface area contributed by atoms with Crippen LogP contribution >= 0.6 is 0 Å². The second-order valence-corrected chi connectivity index (χ2v) is 10.3. The lowest BCUT2D eigenvalue weighted by Gasteiger charge is -2.30. The van der Waals surface area contributed by atoms with Gasteiger partial charge in [-0.05, 0) is 59.3 Å². The molecule has 34 heavy (non-hydrogen) atoms. The van der Waals surface area contributed by atoms with E-state index in [2.05, 4.69) is 16.0 Å². The quantitative estimate of drug-likeness (QED) is 0.318. The van der Waals surface area contributed by atoms with Crippen LogP contribution in [0.25, 0.3) is 0 Å². The maximum Gasteiger partial charge on any atom is 0.408 e. The highest BCUT2D eigenvalue weighted by Gasteiger charge is 2.60. The van der Waals surface area contributed by atoms with Crippen molar-refractivity contribution in [2.45, 2.75) is 95.4 Å². The first-order valence-electron chi connectivity index (χ1n) is 12.1. The van der Waals surface area contributed by atoms with E-state index in [1.807, 2.05) is 12.2 Å². The predicted octanol–water partition coefficient (Wildman–Crippen LogP) is 1.86. The molecule has 1 saturated carbocycles. The average molecular weight is 474 g/mol. The number of hydrogen-bond donors (Lipinski definition) is 3. The first-order chi connectivity index (χ1) is 16.1. The molecule has 10 nitrogen and oxygen atoms in total. The van der Waals surface area contributed by atoms with Crippen molar-refractivity contribution in [3.05, 3.63) is 12.2 Å². The Morgan fingerprint density at radius 1 is 1.21 bits per heavy atom. The number of alkyl carbamates (subject to hydrolysis) is 1. The third kappa shape index (κ3) is 6.07. The van der Waals surface area contributed by atoms with Crippen molar-refractivity contribution in [3.8, 4) is 6.19 Å². The van der Waals surface area contributed by atoms with E-state index < -0.39 is 41.1 Å². The van der Waals surface area contributed by atoms with E-state index in [4.69, 9.17) is 10.00 Å². The SMILES string of the molecule is CC(C)(C)OC(=O)N[C@H]1CCCCC/C=C\[C@@H]2C[C@@]2(C(=O)NC#N)NC(=O)C2CCCN2C1=O. The fraction of sp³-hybridized carbons (Fsp3) is 0.708. The molecule has 1 saturated heterocycles. The summed E-state index contributed by atoms with van der Waals surface area (Å²) in [5, 5.41) is 16.6. The van der Waals surface area contributed by atoms with Crippen LogP contribution in [0.2, 0.25) is 0 Å². The largest absolute Gasteiger partial charge is 0.444 e. The molecule has 0 aromatic heterocycles. The van der Waals surface area contributed by atoms with Crippen LogP contribution < -0.4 is 16.0 Å². The lowest BCUT2D eigenvalue weighted by molar-refractivity contribution is -0.141. The zero-order valence-electron chi connectivity index (χ0n) is 20.2. The van der Waals surface area contributed by atoms with Gasteiger partial charge in [0.15, 0.2) is 6.19 Å². The van der Waals surface area contributed by atoms with E-state index in [1.54, 1.807) is 27.0 Å². The van der Waals surface area contributed by atoms with Gasteiger partial charge >= 0.3 is 6.09 Å². The molecule has 3 N–H and O–H groups in total. The number of hydrogen-bond acceptors (Lipinski definition) is 6. The van der Waals surface area contributed by atoms with E-state index in [-0.39, 0.29) is 11.8 Å². The molecule has 0 spiro atoms. The zero-order chi connectivity index (χ0) is 24.9. The molecule has 0 aromatic rings. The Kier molecular flexibility index (Phi) is 7.85. The zero-order valence-corrected chi connectivity index (χ0v) is 20.2. The molecule has 3 rings (SSSR count). The van der Waals surface area contributed by atoms with Gasteiger partial charge in [-0.2, -0.15) is 5.26 Å². The molecule has 2 fully saturated rings. The molecule has 10 heteroatoms. The van der Waals surface area contributed by atoms with Crippen LogP contribution in [0.5, 0.6) is 0 Å². The van der Waals surface area contributed by atoms with Crippen molar-refractivity contribution < 1.29 is 23.9 Å². The van der Waals surface area contributed by atoms with Gasteiger partial charge in [0, 0.05) is 12.5 Å². The Bertz CT molecular complexity index is 889. The van der Waals surface area contributed by atoms with Gasteiger partial charge in [-0.3, -0.25) is 19.7 Å². The number of carbonyl (C=O) groups excluding carboxylic acids is 4. The number of fused-ring (bicyclic) bond motifs is 2. The number of carbonyl (C=O) groups is 4. The highest BCUT2D eigenvalue weighted by atomic mass is 16.6. The van der Waals surface area contributed by atoms with Gasteiger partial charge in [-0.25, -0.2) is 4.79 Å². The second kappa shape index (κ2) is 10.5. The van der Waals surface area contributed by atoms with Crippen molar-refractivity contribution in [2.24, 2.45) is 5.92 Å². The molecule has 3 aliphatic rings. The van der Waals surface area contributed by atoms with Gasteiger partial charge < -0.3 is 20.3 Å². The minimum absolute atomic E-state index is 0.193. The Balaban J connectivity index is 1.81. The number of rotatable bonds is 2. The lowest BCUT2D eigenvalue weighted by Crippen LogP contribution is -2.57. The van der Waals surface area contributed by atoms with Gasteiger partial charge in [0.05, 0.1) is 0 Å². The number of ether oxygens (including phenoxy) is 1. The van der Waals surface area contributed by atoms with Crippen molar-refractivity contribution in [3.63, 3.8) is 0 Å². The third-order valence-electron chi connectivity index (χ3n) is 6.50. The number of nitrogens with one attached hydrogen (secondary N) is 3. The summed E-state index contributed by atoms with van der Waals surface area (Å²) in [6.45, 7) is 5.65. The fourth-order valence-corrected chi connectivity index (χ4v) is 4.71. The molecule has 186 valence electrons. The minimum atomic E-state index is -1.17. The van der Waals surface area contributed by atoms with Crippen molar-refractivity contribution in [1.29, 1.82) is 5.26 Å². The molecule has 1 unspecified atom stereocenters. The Labute approximate surface area is 200 Å². The van der Waals surface area contributed by atoms with E-state index >= 15 is 0 Å². The van der Waals surface area contributed by atoms with Crippen LogP contribution in [0, 0.1) is 17.4 Å². The Hall–Kier alpha value is -3.09. The number of amides is 4. The van der Waals surface area contributed by atoms with Crippen molar-refractivity contribution >= 4 is 23.8 Å². The van der Waals surface area contributed by atoms with Gasteiger partial charge in [0.1, 0.15) is 23.2 Å². The van der Waals surface area contributed by atoms with Crippen LogP contribution in [-0.4, -0.2) is 58.5 Å². The first-order valence-corrected chi connectivity index (χ1v) is 12.1. The second-order valence-electron chi connectivity index (χ2n) is 10.3. The highest BCUT2D eigenvalue weighted by Crippen LogP contribution is 2.45. The van der Waals surface area contributed by atoms with Crippen LogP contribution in [0.4, 0.5) is 4.79 Å². The predicted molar refractivity (Wildman–Crippen MR) is 123 cm³/mol. The number of nitriles is 1. The maximum atomic E-state index is 13.5. The normalized spacial score (nSPS) is 30.9. The van der Waals surface area contributed by atoms with Crippen LogP contribution in [0.1, 0.15) is 72.1 Å². The smallest absolute Gasteiger partial charge is 0.408 e. The molecular formula is C24H35N5O5. The summed E-state index contributed by atoms with van der Waals surface area (Å²) in [5.74, 6) is -1.47. The van der Waals surface area contributed by atoms with E-state index in [9.17, 15) is 19.2 Å². The van der Waals surface area contributed by atoms with E-state index in [1.165, 1.54) is 4.90 Å². The van der Waals surface area contributed by atoms with Gasteiger partial charge in [-0.15, -0.1) is 0 Å². The molecule has 0 aromatic carbocycles. The number of nitrogens with zero attached hydrogens (tertiary/aromatic N) is 2. The third-order valence-corrected chi connectivity index (χ3v) is 6.50. The molecule has 1 aliphatic carbocycles. The summed E-state index contributed by atoms with van der Waals surface area (Å²) < 4.78 is 5.35. The maximum absolute atomic E-state index is 13.5. The Morgan fingerprint density at radius 3 is 2.68 bits per heavy atom. The highest BCUT2D eigenvalue weighted by molar-refractivity contribution is 5.98. The van der Waals surface area contributed by atoms with Crippen molar-refractivity contribution in [1.82, 2.24) is 20.9 Å². The molecule has 0 bridgehead atoms. The van der Waals surface area contributed by atoms with Gasteiger partial charge in [0.2, 0.25) is 11.8 Å². The monoisotopic (exact) mass is 473 g/mol. The van der Waals surface area contributed by atoms with Crippen LogP contribution in [-0.2, 0) is 19.1 Å². The van der Waals surface area contributed by atoms with E-state index in [0.717, 1.165) is 25.7 Å². The van der Waals surface area contributed by atoms with Crippen molar-refractivity contribution in [2.75, 3.05) is 6.54 Å². The first kappa shape index (κ1) is 25.5. The minimum Gasteiger partial charge on any atom is -0.444 e. The molecule has 4 atom stereocenters. The summed E-state index contributed by atoms with van der Waals surface area (Å²) in [5.41, 5.74) is -1.87. The van der Waals surface area contributed by atoms with Crippen LogP contribution in [0.3, 0.4) is 0 Å². The number of allylic oxidation sites excluding steroid dienone is 1. The lowest BCUT2D eigenvalue weighted by atomic mass is 10.0. The summed E-state index contributed by atoms with van der Waals surface area (Å²) in [4.78, 5) is 53.2. The summed E-state index contributed by atoms with van der Waals surface area (Å²) >= 11 is 0. The van der Waals surface area contributed by atoms with E-state index in [0.29, 0.717) is 32.2 Å². The standard InChI is InChI=1S/C24H35N5O5/c1-23(2,3)34-22(33)27-17-11-8-6-4-5-7-10-16-14-24(16,21(32)26-15-25)28-19(30)18-12-9-13-29(18)20(17)31/h7,10,16-18H,4-6,8-9,11-14H2,1-3H3,(H,26,32)(H,27,33)(H,28,30)/b10-7-/t16-,17+,18?,24-/m1/s1. The molecule has 2 aliphatic heterocycles. The fourth-order valence-electron chi connectivity index (χ4n) is 4.71. The Morgan fingerprint density at radius 2 is 1.97 bits per heavy atom. The van der Waals surface area contributed by atoms with Gasteiger partial charge in [-0.1, -0.05) is 25.0 Å². The summed E-state index contributed by atoms with van der Waals surface area (Å²) in [6, 6.07) is -1.54. The summed E-state index contributed by atoms with van der Waals surface area (Å²) in [6.07, 6.45) is 10.2. The molecule has 2 heterocycles. The van der Waals surface area contributed by atoms with Gasteiger partial charge in [0.25, 0.3) is 5.91 Å². The molecule has 4 amide bonds.